The van der Waals surface area contributed by atoms with Crippen LogP contribution in [0.2, 0.25) is 0 Å². The van der Waals surface area contributed by atoms with Gasteiger partial charge in [0.2, 0.25) is 5.56 Å². The van der Waals surface area contributed by atoms with E-state index in [1.165, 1.54) is 38.2 Å². The summed E-state index contributed by atoms with van der Waals surface area (Å²) in [4.78, 5) is 63.8. The molecule has 2 saturated heterocycles. The number of nitrogens with zero attached hydrogens (tertiary/aromatic N) is 4. The van der Waals surface area contributed by atoms with E-state index in [9.17, 15) is 19.2 Å². The number of para-hydroxylation sites is 1. The van der Waals surface area contributed by atoms with Gasteiger partial charge in [0.05, 0.1) is 5.52 Å². The third-order valence-corrected chi connectivity index (χ3v) is 11.1. The summed E-state index contributed by atoms with van der Waals surface area (Å²) in [5, 5.41) is 3.93. The molecular formula is C38H48N6O5. The Morgan fingerprint density at radius 3 is 2.37 bits per heavy atom. The summed E-state index contributed by atoms with van der Waals surface area (Å²) in [5.41, 5.74) is 4.35. The second-order valence-electron chi connectivity index (χ2n) is 14.2. The number of urea groups is 1. The molecule has 1 aliphatic carbocycles. The molecule has 1 aromatic heterocycles. The van der Waals surface area contributed by atoms with Crippen LogP contribution >= 0.6 is 0 Å². The topological polar surface area (TPSA) is 118 Å². The fourth-order valence-electron chi connectivity index (χ4n) is 8.29. The zero-order valence-electron chi connectivity index (χ0n) is 28.5. The van der Waals surface area contributed by atoms with Crippen molar-refractivity contribution in [2.45, 2.75) is 82.9 Å². The Morgan fingerprint density at radius 1 is 0.837 bits per heavy atom. The summed E-state index contributed by atoms with van der Waals surface area (Å²) in [6.45, 7) is 6.37. The van der Waals surface area contributed by atoms with Gasteiger partial charge in [0.15, 0.2) is 6.10 Å². The molecule has 4 aliphatic rings. The number of aryl methyl sites for hydroxylation is 1. The lowest BCUT2D eigenvalue weighted by Crippen LogP contribution is -2.55. The standard InChI is InChI=1S/C38H48N6O5/c1-26-23-27(24-29-11-12-34(45)40-35(26)29)25-33(36(46)42-21-19-41(20-22-42)30-8-3-2-4-9-30)49-38(48)43-16-14-31(15-17-43)44-18-13-28-7-5-6-10-32(28)39-37(44)47/h5-7,10-12,23-24,30-31,33H,2-4,8-9,13-22,25H2,1H3,(H,39,47)(H,40,45). The Bertz CT molecular complexity index is 1740. The molecule has 3 aliphatic heterocycles. The van der Waals surface area contributed by atoms with Crippen LogP contribution in [-0.4, -0.2) is 107 Å². The minimum absolute atomic E-state index is 0.0169. The van der Waals surface area contributed by atoms with E-state index in [2.05, 4.69) is 15.2 Å². The van der Waals surface area contributed by atoms with Gasteiger partial charge in [0.25, 0.3) is 5.91 Å². The summed E-state index contributed by atoms with van der Waals surface area (Å²) >= 11 is 0. The van der Waals surface area contributed by atoms with Crippen molar-refractivity contribution in [3.05, 3.63) is 75.6 Å². The number of aromatic nitrogens is 1. The van der Waals surface area contributed by atoms with Crippen molar-refractivity contribution in [1.29, 1.82) is 0 Å². The predicted molar refractivity (Wildman–Crippen MR) is 189 cm³/mol. The molecule has 4 heterocycles. The van der Waals surface area contributed by atoms with Gasteiger partial charge in [-0.2, -0.15) is 0 Å². The van der Waals surface area contributed by atoms with E-state index in [1.807, 2.05) is 53.1 Å². The highest BCUT2D eigenvalue weighted by atomic mass is 16.6. The number of H-pyrrole nitrogens is 1. The number of rotatable bonds is 6. The number of piperazine rings is 1. The van der Waals surface area contributed by atoms with Crippen LogP contribution in [0.3, 0.4) is 0 Å². The van der Waals surface area contributed by atoms with E-state index in [1.54, 1.807) is 11.0 Å². The molecule has 3 aromatic rings. The van der Waals surface area contributed by atoms with Crippen LogP contribution in [0.25, 0.3) is 10.9 Å². The van der Waals surface area contributed by atoms with E-state index in [4.69, 9.17) is 4.74 Å². The second kappa shape index (κ2) is 14.6. The number of carbonyl (C=O) groups is 3. The summed E-state index contributed by atoms with van der Waals surface area (Å²) in [7, 11) is 0. The Balaban J connectivity index is 1.02. The van der Waals surface area contributed by atoms with E-state index in [-0.39, 0.29) is 30.0 Å². The van der Waals surface area contributed by atoms with Gasteiger partial charge in [-0.05, 0) is 79.3 Å². The fourth-order valence-corrected chi connectivity index (χ4v) is 8.29. The zero-order valence-corrected chi connectivity index (χ0v) is 28.5. The van der Waals surface area contributed by atoms with E-state index >= 15 is 0 Å². The van der Waals surface area contributed by atoms with Gasteiger partial charge in [-0.1, -0.05) is 43.5 Å². The Morgan fingerprint density at radius 2 is 1.59 bits per heavy atom. The van der Waals surface area contributed by atoms with Crippen molar-refractivity contribution >= 4 is 34.6 Å². The zero-order chi connectivity index (χ0) is 33.9. The first-order chi connectivity index (χ1) is 23.8. The minimum atomic E-state index is -0.971. The maximum atomic E-state index is 14.1. The molecule has 2 N–H and O–H groups in total. The lowest BCUT2D eigenvalue weighted by molar-refractivity contribution is -0.143. The Kier molecular flexibility index (Phi) is 9.89. The number of piperidine rings is 1. The van der Waals surface area contributed by atoms with Crippen molar-refractivity contribution in [3.8, 4) is 0 Å². The molecule has 2 aromatic carbocycles. The maximum Gasteiger partial charge on any atom is 0.410 e. The predicted octanol–water partition coefficient (Wildman–Crippen LogP) is 4.92. The number of hydrogen-bond donors (Lipinski definition) is 2. The Hall–Kier alpha value is -4.38. The van der Waals surface area contributed by atoms with Crippen LogP contribution < -0.4 is 10.9 Å². The normalized spacial score (nSPS) is 20.4. The lowest BCUT2D eigenvalue weighted by Gasteiger charge is -2.41. The quantitative estimate of drug-likeness (QED) is 0.385. The monoisotopic (exact) mass is 668 g/mol. The van der Waals surface area contributed by atoms with E-state index in [0.717, 1.165) is 52.8 Å². The SMILES string of the molecule is Cc1cc(CC(OC(=O)N2CCC(N3CCc4ccccc4NC3=O)CC2)C(=O)N2CCN(C3CCCCC3)CC2)cc2ccc(=O)[nH]c12. The highest BCUT2D eigenvalue weighted by molar-refractivity contribution is 5.91. The van der Waals surface area contributed by atoms with Crippen molar-refractivity contribution in [3.63, 3.8) is 0 Å². The van der Waals surface area contributed by atoms with Gasteiger partial charge in [-0.25, -0.2) is 9.59 Å². The van der Waals surface area contributed by atoms with Crippen LogP contribution in [0.5, 0.6) is 0 Å². The molecule has 260 valence electrons. The molecule has 3 fully saturated rings. The minimum Gasteiger partial charge on any atom is -0.436 e. The van der Waals surface area contributed by atoms with E-state index in [0.29, 0.717) is 51.6 Å². The molecule has 7 rings (SSSR count). The number of ether oxygens (including phenoxy) is 1. The van der Waals surface area contributed by atoms with Crippen LogP contribution in [0.15, 0.2) is 53.3 Å². The number of nitrogens with one attached hydrogen (secondary N) is 2. The molecule has 1 unspecified atom stereocenters. The van der Waals surface area contributed by atoms with Crippen LogP contribution in [-0.2, 0) is 22.4 Å². The third kappa shape index (κ3) is 7.46. The first kappa shape index (κ1) is 33.1. The van der Waals surface area contributed by atoms with Crippen molar-refractivity contribution < 1.29 is 19.1 Å². The number of hydrogen-bond acceptors (Lipinski definition) is 6. The molecule has 1 atom stereocenters. The summed E-state index contributed by atoms with van der Waals surface area (Å²) in [5.74, 6) is -0.161. The van der Waals surface area contributed by atoms with Crippen LogP contribution in [0.4, 0.5) is 15.3 Å². The number of likely N-dealkylation sites (tertiary alicyclic amines) is 1. The maximum absolute atomic E-state index is 14.1. The van der Waals surface area contributed by atoms with Crippen LogP contribution in [0.1, 0.15) is 61.6 Å². The van der Waals surface area contributed by atoms with E-state index < -0.39 is 12.2 Å². The molecule has 0 spiro atoms. The highest BCUT2D eigenvalue weighted by Gasteiger charge is 2.36. The average Bonchev–Trinajstić information content (AvgIpc) is 3.30. The summed E-state index contributed by atoms with van der Waals surface area (Å²) in [6.07, 6.45) is 7.16. The van der Waals surface area contributed by atoms with Gasteiger partial charge in [-0.3, -0.25) is 14.5 Å². The van der Waals surface area contributed by atoms with Gasteiger partial charge >= 0.3 is 12.1 Å². The number of pyridine rings is 1. The number of benzene rings is 2. The molecule has 11 heteroatoms. The summed E-state index contributed by atoms with van der Waals surface area (Å²) in [6, 6.07) is 15.6. The van der Waals surface area contributed by atoms with Gasteiger partial charge in [0, 0.05) is 76.1 Å². The van der Waals surface area contributed by atoms with Gasteiger partial charge < -0.3 is 29.7 Å². The third-order valence-electron chi connectivity index (χ3n) is 11.1. The number of amides is 4. The molecular weight excluding hydrogens is 620 g/mol. The van der Waals surface area contributed by atoms with Gasteiger partial charge in [-0.15, -0.1) is 0 Å². The number of fused-ring (bicyclic) bond motifs is 2. The molecule has 0 radical (unpaired) electrons. The highest BCUT2D eigenvalue weighted by Crippen LogP contribution is 2.27. The molecule has 49 heavy (non-hydrogen) atoms. The van der Waals surface area contributed by atoms with Crippen molar-refractivity contribution in [2.24, 2.45) is 0 Å². The molecule has 1 saturated carbocycles. The smallest absolute Gasteiger partial charge is 0.410 e. The van der Waals surface area contributed by atoms with Crippen molar-refractivity contribution in [1.82, 2.24) is 24.6 Å². The lowest BCUT2D eigenvalue weighted by atomic mass is 9.94. The molecule has 4 amide bonds. The number of anilines is 1. The first-order valence-electron chi connectivity index (χ1n) is 18.1. The molecule has 11 nitrogen and oxygen atoms in total. The summed E-state index contributed by atoms with van der Waals surface area (Å²) < 4.78 is 6.12. The van der Waals surface area contributed by atoms with Gasteiger partial charge in [0.1, 0.15) is 0 Å². The largest absolute Gasteiger partial charge is 0.436 e. The fraction of sp³-hybridized carbons (Fsp3) is 0.526. The Labute approximate surface area is 287 Å². The number of aromatic amines is 1. The first-order valence-corrected chi connectivity index (χ1v) is 18.1. The average molecular weight is 669 g/mol. The van der Waals surface area contributed by atoms with Crippen LogP contribution in [0, 0.1) is 6.92 Å². The van der Waals surface area contributed by atoms with Crippen molar-refractivity contribution in [2.75, 3.05) is 51.1 Å². The second-order valence-corrected chi connectivity index (χ2v) is 14.2. The number of carbonyl (C=O) groups excluding carboxylic acids is 3. The molecule has 0 bridgehead atoms.